The molecule has 190 valence electrons. The van der Waals surface area contributed by atoms with Crippen molar-refractivity contribution in [2.24, 2.45) is 5.92 Å². The minimum Gasteiger partial charge on any atom is -0.376 e. The maximum absolute atomic E-state index is 14.1. The van der Waals surface area contributed by atoms with Gasteiger partial charge in [-0.25, -0.2) is 0 Å². The molecular formula is C29H41N3O3. The first-order chi connectivity index (χ1) is 17.2. The fourth-order valence-corrected chi connectivity index (χ4v) is 8.07. The first-order valence-corrected chi connectivity index (χ1v) is 14.2. The minimum atomic E-state index is -0.426. The van der Waals surface area contributed by atoms with Crippen molar-refractivity contribution < 1.29 is 14.3 Å². The molecule has 1 N–H and O–H groups in total. The highest BCUT2D eigenvalue weighted by Crippen LogP contribution is 2.50. The quantitative estimate of drug-likeness (QED) is 0.691. The smallest absolute Gasteiger partial charge is 0.254 e. The normalized spacial score (nSPS) is 32.5. The van der Waals surface area contributed by atoms with Gasteiger partial charge in [-0.15, -0.1) is 0 Å². The highest BCUT2D eigenvalue weighted by molar-refractivity contribution is 6.02. The topological polar surface area (TPSA) is 61.9 Å². The van der Waals surface area contributed by atoms with Gasteiger partial charge in [-0.3, -0.25) is 9.59 Å². The maximum Gasteiger partial charge on any atom is 0.254 e. The maximum atomic E-state index is 14.1. The second-order valence-corrected chi connectivity index (χ2v) is 11.6. The molecule has 6 nitrogen and oxygen atoms in total. The summed E-state index contributed by atoms with van der Waals surface area (Å²) in [6.45, 7) is 4.58. The Hall–Kier alpha value is -1.92. The lowest BCUT2D eigenvalue weighted by atomic mass is 9.70. The molecule has 0 unspecified atom stereocenters. The van der Waals surface area contributed by atoms with Crippen LogP contribution in [0.2, 0.25) is 0 Å². The number of fused-ring (bicyclic) bond motifs is 2. The van der Waals surface area contributed by atoms with Crippen LogP contribution in [0, 0.1) is 5.92 Å². The molecule has 3 saturated heterocycles. The zero-order chi connectivity index (χ0) is 23.8. The van der Waals surface area contributed by atoms with Crippen LogP contribution in [-0.4, -0.2) is 72.1 Å². The van der Waals surface area contributed by atoms with Crippen LogP contribution in [0.5, 0.6) is 0 Å². The molecule has 4 aliphatic heterocycles. The summed E-state index contributed by atoms with van der Waals surface area (Å²) in [7, 11) is 0. The molecule has 5 aliphatic rings. The molecule has 4 fully saturated rings. The van der Waals surface area contributed by atoms with Gasteiger partial charge in [0, 0.05) is 31.3 Å². The van der Waals surface area contributed by atoms with Gasteiger partial charge in [0.25, 0.3) is 5.91 Å². The van der Waals surface area contributed by atoms with Gasteiger partial charge in [-0.1, -0.05) is 37.5 Å². The number of benzene rings is 1. The van der Waals surface area contributed by atoms with Crippen molar-refractivity contribution in [3.05, 3.63) is 35.4 Å². The fourth-order valence-electron chi connectivity index (χ4n) is 8.07. The Labute approximate surface area is 209 Å². The summed E-state index contributed by atoms with van der Waals surface area (Å²) in [5.41, 5.74) is 1.22. The largest absolute Gasteiger partial charge is 0.376 e. The van der Waals surface area contributed by atoms with Crippen LogP contribution in [0.25, 0.3) is 0 Å². The predicted molar refractivity (Wildman–Crippen MR) is 135 cm³/mol. The molecule has 0 radical (unpaired) electrons. The van der Waals surface area contributed by atoms with E-state index in [0.717, 1.165) is 57.2 Å². The van der Waals surface area contributed by atoms with E-state index in [-0.39, 0.29) is 23.8 Å². The van der Waals surface area contributed by atoms with Crippen molar-refractivity contribution in [2.45, 2.75) is 94.2 Å². The first-order valence-electron chi connectivity index (χ1n) is 14.2. The molecule has 6 heteroatoms. The molecule has 0 bridgehead atoms. The number of nitrogens with one attached hydrogen (secondary N) is 1. The predicted octanol–water partition coefficient (Wildman–Crippen LogP) is 4.10. The van der Waals surface area contributed by atoms with E-state index in [0.29, 0.717) is 24.1 Å². The molecule has 0 aromatic heterocycles. The van der Waals surface area contributed by atoms with E-state index >= 15 is 0 Å². The Morgan fingerprint density at radius 2 is 1.83 bits per heavy atom. The van der Waals surface area contributed by atoms with Gasteiger partial charge < -0.3 is 19.9 Å². The van der Waals surface area contributed by atoms with Crippen molar-refractivity contribution >= 4 is 11.8 Å². The molecule has 1 aromatic rings. The van der Waals surface area contributed by atoms with Gasteiger partial charge >= 0.3 is 0 Å². The summed E-state index contributed by atoms with van der Waals surface area (Å²) in [5, 5.41) is 3.44. The SMILES string of the molecule is O=C(NC[C@@H]1CCCN2CCCC[C@H]12)[C@@H]1c2ccccc2C(=O)N(C[C@@H]2CCCO2)C12CCCC2. The lowest BCUT2D eigenvalue weighted by Crippen LogP contribution is -2.62. The summed E-state index contributed by atoms with van der Waals surface area (Å²) >= 11 is 0. The molecule has 1 saturated carbocycles. The zero-order valence-electron chi connectivity index (χ0n) is 21.1. The van der Waals surface area contributed by atoms with Gasteiger partial charge in [0.05, 0.1) is 17.6 Å². The Bertz CT molecular complexity index is 935. The monoisotopic (exact) mass is 479 g/mol. The molecule has 4 atom stereocenters. The van der Waals surface area contributed by atoms with Crippen LogP contribution in [0.3, 0.4) is 0 Å². The van der Waals surface area contributed by atoms with E-state index in [9.17, 15) is 9.59 Å². The summed E-state index contributed by atoms with van der Waals surface area (Å²) in [6.07, 6.45) is 12.4. The van der Waals surface area contributed by atoms with E-state index in [2.05, 4.69) is 15.1 Å². The average molecular weight is 480 g/mol. The van der Waals surface area contributed by atoms with Gasteiger partial charge in [0.15, 0.2) is 0 Å². The van der Waals surface area contributed by atoms with Crippen molar-refractivity contribution in [1.82, 2.24) is 15.1 Å². The van der Waals surface area contributed by atoms with Crippen LogP contribution in [0.1, 0.15) is 92.5 Å². The van der Waals surface area contributed by atoms with E-state index < -0.39 is 5.54 Å². The lowest BCUT2D eigenvalue weighted by Gasteiger charge is -2.51. The van der Waals surface area contributed by atoms with E-state index in [4.69, 9.17) is 4.74 Å². The number of hydrogen-bond donors (Lipinski definition) is 1. The molecule has 1 spiro atoms. The number of piperidine rings is 2. The van der Waals surface area contributed by atoms with Crippen molar-refractivity contribution in [3.63, 3.8) is 0 Å². The Morgan fingerprint density at radius 1 is 1.00 bits per heavy atom. The Balaban J connectivity index is 1.28. The third-order valence-corrected chi connectivity index (χ3v) is 9.73. The lowest BCUT2D eigenvalue weighted by molar-refractivity contribution is -0.127. The van der Waals surface area contributed by atoms with E-state index in [1.807, 2.05) is 24.3 Å². The molecule has 35 heavy (non-hydrogen) atoms. The summed E-state index contributed by atoms with van der Waals surface area (Å²) in [6, 6.07) is 8.50. The zero-order valence-corrected chi connectivity index (χ0v) is 21.1. The van der Waals surface area contributed by atoms with Crippen LogP contribution in [0.15, 0.2) is 24.3 Å². The summed E-state index contributed by atoms with van der Waals surface area (Å²) < 4.78 is 5.97. The minimum absolute atomic E-state index is 0.0879. The highest BCUT2D eigenvalue weighted by atomic mass is 16.5. The van der Waals surface area contributed by atoms with Crippen LogP contribution >= 0.6 is 0 Å². The number of ether oxygens (including phenoxy) is 1. The van der Waals surface area contributed by atoms with Crippen molar-refractivity contribution in [1.29, 1.82) is 0 Å². The Kier molecular flexibility index (Phi) is 6.61. The fraction of sp³-hybridized carbons (Fsp3) is 0.724. The third-order valence-electron chi connectivity index (χ3n) is 9.73. The molecule has 1 aromatic carbocycles. The molecule has 6 rings (SSSR count). The Morgan fingerprint density at radius 3 is 2.66 bits per heavy atom. The van der Waals surface area contributed by atoms with Crippen LogP contribution < -0.4 is 5.32 Å². The van der Waals surface area contributed by atoms with Crippen LogP contribution in [-0.2, 0) is 9.53 Å². The third kappa shape index (κ3) is 4.21. The first kappa shape index (κ1) is 23.5. The molecule has 4 heterocycles. The number of nitrogens with zero attached hydrogens (tertiary/aromatic N) is 2. The summed E-state index contributed by atoms with van der Waals surface area (Å²) in [4.78, 5) is 32.7. The second kappa shape index (κ2) is 9.85. The molecule has 2 amide bonds. The number of hydrogen-bond acceptors (Lipinski definition) is 4. The number of carbonyl (C=O) groups is 2. The van der Waals surface area contributed by atoms with E-state index in [1.165, 1.54) is 45.2 Å². The highest BCUT2D eigenvalue weighted by Gasteiger charge is 2.56. The van der Waals surface area contributed by atoms with Crippen molar-refractivity contribution in [3.8, 4) is 0 Å². The number of amides is 2. The number of carbonyl (C=O) groups excluding carboxylic acids is 2. The second-order valence-electron chi connectivity index (χ2n) is 11.6. The van der Waals surface area contributed by atoms with E-state index in [1.54, 1.807) is 0 Å². The number of rotatable bonds is 5. The van der Waals surface area contributed by atoms with Crippen LogP contribution in [0.4, 0.5) is 0 Å². The molecule has 1 aliphatic carbocycles. The average Bonchev–Trinajstić information content (AvgIpc) is 3.58. The van der Waals surface area contributed by atoms with Gasteiger partial charge in [-0.05, 0) is 82.0 Å². The summed E-state index contributed by atoms with van der Waals surface area (Å²) in [5.74, 6) is 0.451. The van der Waals surface area contributed by atoms with Gasteiger partial charge in [-0.2, -0.15) is 0 Å². The van der Waals surface area contributed by atoms with Gasteiger partial charge in [0.1, 0.15) is 0 Å². The van der Waals surface area contributed by atoms with Crippen molar-refractivity contribution in [2.75, 3.05) is 32.8 Å². The van der Waals surface area contributed by atoms with Gasteiger partial charge in [0.2, 0.25) is 5.91 Å². The molecular weight excluding hydrogens is 438 g/mol. The standard InChI is InChI=1S/C29H41N3O3/c33-27(30-19-21-9-7-17-31-16-6-3-13-25(21)31)26-23-11-1-2-12-24(23)28(34)32(20-22-10-8-18-35-22)29(26)14-4-5-15-29/h1-2,11-12,21-22,25-26H,3-10,13-20H2,(H,30,33)/t21-,22-,25+,26-/m0/s1.